The van der Waals surface area contributed by atoms with E-state index < -0.39 is 14.9 Å². The fourth-order valence-corrected chi connectivity index (χ4v) is 3.87. The molecule has 1 amide bonds. The van der Waals surface area contributed by atoms with Crippen LogP contribution in [0, 0.1) is 17.0 Å². The first kappa shape index (κ1) is 21.8. The summed E-state index contributed by atoms with van der Waals surface area (Å²) < 4.78 is 33.1. The smallest absolute Gasteiger partial charge is 0.269 e. The van der Waals surface area contributed by atoms with Crippen LogP contribution in [0.1, 0.15) is 15.9 Å². The summed E-state index contributed by atoms with van der Waals surface area (Å²) in [6.07, 6.45) is 0. The second kappa shape index (κ2) is 8.84. The number of aryl methyl sites for hydroxylation is 1. The maximum Gasteiger partial charge on any atom is 0.269 e. The number of sulfonamides is 1. The largest absolute Gasteiger partial charge is 0.494 e. The molecule has 0 bridgehead atoms. The fraction of sp³-hybridized carbons (Fsp3) is 0.0952. The van der Waals surface area contributed by atoms with Crippen LogP contribution >= 0.6 is 0 Å². The molecule has 9 nitrogen and oxygen atoms in total. The summed E-state index contributed by atoms with van der Waals surface area (Å²) in [6, 6.07) is 16.2. The van der Waals surface area contributed by atoms with Crippen molar-refractivity contribution in [1.29, 1.82) is 0 Å². The highest BCUT2D eigenvalue weighted by Gasteiger charge is 2.19. The average Bonchev–Trinajstić information content (AvgIpc) is 2.76. The van der Waals surface area contributed by atoms with Crippen molar-refractivity contribution in [3.05, 3.63) is 88.0 Å². The number of non-ortho nitro benzene ring substituents is 1. The van der Waals surface area contributed by atoms with Gasteiger partial charge in [0.2, 0.25) is 0 Å². The van der Waals surface area contributed by atoms with Crippen molar-refractivity contribution in [2.24, 2.45) is 0 Å². The number of carbonyl (C=O) groups is 1. The summed E-state index contributed by atoms with van der Waals surface area (Å²) in [5.74, 6) is -0.121. The predicted octanol–water partition coefficient (Wildman–Crippen LogP) is 3.96. The Balaban J connectivity index is 1.87. The molecule has 0 aromatic heterocycles. The molecule has 0 aliphatic carbocycles. The lowest BCUT2D eigenvalue weighted by Gasteiger charge is -2.16. The quantitative estimate of drug-likeness (QED) is 0.422. The van der Waals surface area contributed by atoms with Crippen LogP contribution in [0.5, 0.6) is 5.75 Å². The average molecular weight is 441 g/mol. The third kappa shape index (κ3) is 4.98. The fourth-order valence-electron chi connectivity index (χ4n) is 2.81. The van der Waals surface area contributed by atoms with Crippen LogP contribution in [-0.2, 0) is 10.0 Å². The number of rotatable bonds is 7. The molecule has 0 radical (unpaired) electrons. The predicted molar refractivity (Wildman–Crippen MR) is 116 cm³/mol. The minimum absolute atomic E-state index is 0.140. The Hall–Kier alpha value is -3.92. The summed E-state index contributed by atoms with van der Waals surface area (Å²) >= 11 is 0. The van der Waals surface area contributed by atoms with Crippen molar-refractivity contribution in [3.63, 3.8) is 0 Å². The monoisotopic (exact) mass is 441 g/mol. The number of amides is 1. The number of methoxy groups -OCH3 is 1. The van der Waals surface area contributed by atoms with Crippen LogP contribution < -0.4 is 14.8 Å². The highest BCUT2D eigenvalue weighted by atomic mass is 32.2. The molecule has 0 aliphatic heterocycles. The second-order valence-corrected chi connectivity index (χ2v) is 8.23. The number of hydrogen-bond donors (Lipinski definition) is 2. The van der Waals surface area contributed by atoms with Crippen LogP contribution in [0.2, 0.25) is 0 Å². The Kier molecular flexibility index (Phi) is 6.21. The van der Waals surface area contributed by atoms with Gasteiger partial charge in [0.25, 0.3) is 21.6 Å². The van der Waals surface area contributed by atoms with E-state index in [9.17, 15) is 23.3 Å². The molecule has 31 heavy (non-hydrogen) atoms. The van der Waals surface area contributed by atoms with Crippen molar-refractivity contribution in [1.82, 2.24) is 0 Å². The van der Waals surface area contributed by atoms with Gasteiger partial charge in [-0.2, -0.15) is 0 Å². The summed E-state index contributed by atoms with van der Waals surface area (Å²) in [6.45, 7) is 1.71. The van der Waals surface area contributed by atoms with E-state index in [1.807, 2.05) is 0 Å². The third-order valence-corrected chi connectivity index (χ3v) is 5.81. The van der Waals surface area contributed by atoms with Crippen LogP contribution in [0.25, 0.3) is 0 Å². The molecule has 3 aromatic rings. The Morgan fingerprint density at radius 3 is 2.23 bits per heavy atom. The van der Waals surface area contributed by atoms with Gasteiger partial charge in [0, 0.05) is 29.4 Å². The van der Waals surface area contributed by atoms with Gasteiger partial charge >= 0.3 is 0 Å². The van der Waals surface area contributed by atoms with Gasteiger partial charge in [-0.15, -0.1) is 0 Å². The summed E-state index contributed by atoms with van der Waals surface area (Å²) in [5.41, 5.74) is 1.49. The Bertz CT molecular complexity index is 1230. The Labute approximate surface area is 178 Å². The lowest BCUT2D eigenvalue weighted by Crippen LogP contribution is -2.15. The topological polar surface area (TPSA) is 128 Å². The molecule has 0 saturated carbocycles. The number of carbonyl (C=O) groups excluding carboxylic acids is 1. The minimum Gasteiger partial charge on any atom is -0.494 e. The van der Waals surface area contributed by atoms with Crippen molar-refractivity contribution in [2.45, 2.75) is 11.8 Å². The van der Waals surface area contributed by atoms with Crippen LogP contribution in [0.15, 0.2) is 71.6 Å². The molecule has 0 heterocycles. The van der Waals surface area contributed by atoms with E-state index >= 15 is 0 Å². The van der Waals surface area contributed by atoms with E-state index in [-0.39, 0.29) is 27.9 Å². The van der Waals surface area contributed by atoms with Crippen molar-refractivity contribution in [2.75, 3.05) is 17.1 Å². The normalized spacial score (nSPS) is 10.9. The standard InChI is InChI=1S/C21H19N3O6S/c1-14-12-19(23-31(28,29)17-10-8-16(9-11-17)24(26)27)20(30-2)13-18(14)22-21(25)15-6-4-3-5-7-15/h3-13,23H,1-2H3,(H,22,25). The number of nitrogens with zero attached hydrogens (tertiary/aromatic N) is 1. The highest BCUT2D eigenvalue weighted by Crippen LogP contribution is 2.33. The van der Waals surface area contributed by atoms with Gasteiger partial charge in [-0.05, 0) is 42.8 Å². The molecule has 10 heteroatoms. The van der Waals surface area contributed by atoms with Crippen molar-refractivity contribution < 1.29 is 22.9 Å². The van der Waals surface area contributed by atoms with Crippen LogP contribution in [0.4, 0.5) is 17.1 Å². The van der Waals surface area contributed by atoms with Gasteiger partial charge < -0.3 is 10.1 Å². The molecule has 0 fully saturated rings. The van der Waals surface area contributed by atoms with Gasteiger partial charge in [-0.3, -0.25) is 19.6 Å². The summed E-state index contributed by atoms with van der Waals surface area (Å²) in [4.78, 5) is 22.4. The van der Waals surface area contributed by atoms with E-state index in [0.29, 0.717) is 16.8 Å². The molecule has 0 unspecified atom stereocenters. The molecule has 0 saturated heterocycles. The van der Waals surface area contributed by atoms with Crippen molar-refractivity contribution in [3.8, 4) is 5.75 Å². The van der Waals surface area contributed by atoms with E-state index in [0.717, 1.165) is 24.3 Å². The number of nitro benzene ring substituents is 1. The second-order valence-electron chi connectivity index (χ2n) is 6.54. The number of ether oxygens (including phenoxy) is 1. The summed E-state index contributed by atoms with van der Waals surface area (Å²) in [7, 11) is -2.65. The van der Waals surface area contributed by atoms with E-state index in [2.05, 4.69) is 10.0 Å². The summed E-state index contributed by atoms with van der Waals surface area (Å²) in [5, 5.41) is 13.5. The van der Waals surface area contributed by atoms with E-state index in [4.69, 9.17) is 4.74 Å². The number of hydrogen-bond acceptors (Lipinski definition) is 6. The number of nitro groups is 1. The lowest BCUT2D eigenvalue weighted by molar-refractivity contribution is -0.384. The molecular formula is C21H19N3O6S. The number of nitrogens with one attached hydrogen (secondary N) is 2. The number of benzene rings is 3. The van der Waals surface area contributed by atoms with E-state index in [1.165, 1.54) is 19.2 Å². The lowest BCUT2D eigenvalue weighted by atomic mass is 10.1. The SMILES string of the molecule is COc1cc(NC(=O)c2ccccc2)c(C)cc1NS(=O)(=O)c1ccc([N+](=O)[O-])cc1. The minimum atomic E-state index is -4.02. The zero-order chi connectivity index (χ0) is 22.6. The molecular weight excluding hydrogens is 422 g/mol. The highest BCUT2D eigenvalue weighted by molar-refractivity contribution is 7.92. The van der Waals surface area contributed by atoms with Crippen molar-refractivity contribution >= 4 is 33.0 Å². The molecule has 3 aromatic carbocycles. The van der Waals surface area contributed by atoms with Gasteiger partial charge in [0.15, 0.2) is 0 Å². The maximum atomic E-state index is 12.7. The molecule has 3 rings (SSSR count). The molecule has 0 aliphatic rings. The first-order valence-corrected chi connectivity index (χ1v) is 10.5. The van der Waals surface area contributed by atoms with Gasteiger partial charge in [-0.1, -0.05) is 18.2 Å². The molecule has 0 spiro atoms. The van der Waals surface area contributed by atoms with Crippen LogP contribution in [-0.4, -0.2) is 26.4 Å². The first-order chi connectivity index (χ1) is 14.7. The zero-order valence-corrected chi connectivity index (χ0v) is 17.5. The molecule has 160 valence electrons. The van der Waals surface area contributed by atoms with Crippen LogP contribution in [0.3, 0.4) is 0 Å². The van der Waals surface area contributed by atoms with Gasteiger partial charge in [-0.25, -0.2) is 8.42 Å². The zero-order valence-electron chi connectivity index (χ0n) is 16.7. The Morgan fingerprint density at radius 2 is 1.65 bits per heavy atom. The molecule has 0 atom stereocenters. The van der Waals surface area contributed by atoms with Gasteiger partial charge in [0.05, 0.1) is 22.6 Å². The van der Waals surface area contributed by atoms with Gasteiger partial charge in [0.1, 0.15) is 5.75 Å². The molecule has 2 N–H and O–H groups in total. The van der Waals surface area contributed by atoms with E-state index in [1.54, 1.807) is 37.3 Å². The maximum absolute atomic E-state index is 12.7. The Morgan fingerprint density at radius 1 is 1.00 bits per heavy atom. The first-order valence-electron chi connectivity index (χ1n) is 9.03. The number of anilines is 2. The third-order valence-electron chi connectivity index (χ3n) is 4.43.